The van der Waals surface area contributed by atoms with Crippen molar-refractivity contribution in [3.05, 3.63) is 42.0 Å². The summed E-state index contributed by atoms with van der Waals surface area (Å²) >= 11 is 1.82. The molecule has 0 radical (unpaired) electrons. The van der Waals surface area contributed by atoms with Crippen molar-refractivity contribution in [2.24, 2.45) is 17.8 Å². The SMILES string of the molecule is CSc1ccc(CN2CCN(C[C@H]3C[C@H]4C=C[C@H]3C4)CC2)cc1. The Balaban J connectivity index is 1.23. The lowest BCUT2D eigenvalue weighted by molar-refractivity contribution is 0.108. The van der Waals surface area contributed by atoms with Crippen LogP contribution in [0.15, 0.2) is 41.3 Å². The predicted octanol–water partition coefficient (Wildman–Crippen LogP) is 3.74. The maximum absolute atomic E-state index is 2.71. The molecule has 2 aliphatic carbocycles. The van der Waals surface area contributed by atoms with Gasteiger partial charge < -0.3 is 4.90 Å². The van der Waals surface area contributed by atoms with Crippen molar-refractivity contribution in [1.82, 2.24) is 9.80 Å². The molecular weight excluding hydrogens is 300 g/mol. The Morgan fingerprint density at radius 2 is 1.70 bits per heavy atom. The van der Waals surface area contributed by atoms with E-state index >= 15 is 0 Å². The fourth-order valence-electron chi connectivity index (χ4n) is 4.56. The molecule has 3 atom stereocenters. The predicted molar refractivity (Wildman–Crippen MR) is 98.8 cm³/mol. The second kappa shape index (κ2) is 7.00. The third-order valence-electron chi connectivity index (χ3n) is 5.94. The number of hydrogen-bond donors (Lipinski definition) is 0. The number of nitrogens with zero attached hydrogens (tertiary/aromatic N) is 2. The summed E-state index contributed by atoms with van der Waals surface area (Å²) < 4.78 is 0. The molecule has 0 amide bonds. The van der Waals surface area contributed by atoms with Crippen LogP contribution < -0.4 is 0 Å². The molecule has 1 aliphatic heterocycles. The van der Waals surface area contributed by atoms with Crippen LogP contribution in [0, 0.1) is 17.8 Å². The molecule has 124 valence electrons. The maximum Gasteiger partial charge on any atom is 0.0234 e. The number of fused-ring (bicyclic) bond motifs is 2. The van der Waals surface area contributed by atoms with Crippen LogP contribution in [0.1, 0.15) is 18.4 Å². The van der Waals surface area contributed by atoms with E-state index in [2.05, 4.69) is 52.5 Å². The normalized spacial score (nSPS) is 31.1. The Labute approximate surface area is 144 Å². The molecule has 2 fully saturated rings. The van der Waals surface area contributed by atoms with Crippen LogP contribution in [0.25, 0.3) is 0 Å². The lowest BCUT2D eigenvalue weighted by Crippen LogP contribution is -2.47. The van der Waals surface area contributed by atoms with Crippen molar-refractivity contribution in [1.29, 1.82) is 0 Å². The summed E-state index contributed by atoms with van der Waals surface area (Å²) in [6.45, 7) is 7.39. The number of allylic oxidation sites excluding steroid dienone is 2. The van der Waals surface area contributed by atoms with Gasteiger partial charge in [-0.05, 0) is 54.5 Å². The topological polar surface area (TPSA) is 6.48 Å². The van der Waals surface area contributed by atoms with Crippen LogP contribution in [0.4, 0.5) is 0 Å². The molecule has 0 aromatic heterocycles. The first-order valence-corrected chi connectivity index (χ1v) is 10.3. The molecule has 2 nitrogen and oxygen atoms in total. The fraction of sp³-hybridized carbons (Fsp3) is 0.600. The zero-order valence-electron chi connectivity index (χ0n) is 14.2. The van der Waals surface area contributed by atoms with Crippen molar-refractivity contribution in [2.75, 3.05) is 39.0 Å². The highest BCUT2D eigenvalue weighted by atomic mass is 32.2. The molecule has 0 unspecified atom stereocenters. The van der Waals surface area contributed by atoms with Crippen LogP contribution in [0.5, 0.6) is 0 Å². The molecule has 2 bridgehead atoms. The van der Waals surface area contributed by atoms with Gasteiger partial charge in [-0.2, -0.15) is 0 Å². The summed E-state index contributed by atoms with van der Waals surface area (Å²) in [6, 6.07) is 9.08. The molecule has 1 heterocycles. The summed E-state index contributed by atoms with van der Waals surface area (Å²) in [6.07, 6.45) is 9.98. The summed E-state index contributed by atoms with van der Waals surface area (Å²) in [7, 11) is 0. The van der Waals surface area contributed by atoms with E-state index in [0.717, 1.165) is 24.3 Å². The van der Waals surface area contributed by atoms with Gasteiger partial charge in [0.25, 0.3) is 0 Å². The summed E-state index contributed by atoms with van der Waals surface area (Å²) in [5.74, 6) is 2.75. The monoisotopic (exact) mass is 328 g/mol. The van der Waals surface area contributed by atoms with E-state index in [1.165, 1.54) is 56.0 Å². The van der Waals surface area contributed by atoms with Gasteiger partial charge in [-0.3, -0.25) is 4.90 Å². The van der Waals surface area contributed by atoms with Gasteiger partial charge in [0.05, 0.1) is 0 Å². The zero-order chi connectivity index (χ0) is 15.6. The third-order valence-corrected chi connectivity index (χ3v) is 6.68. The molecule has 1 aromatic rings. The quantitative estimate of drug-likeness (QED) is 0.600. The lowest BCUT2D eigenvalue weighted by Gasteiger charge is -2.37. The minimum Gasteiger partial charge on any atom is -0.300 e. The highest BCUT2D eigenvalue weighted by Crippen LogP contribution is 2.43. The average Bonchev–Trinajstić information content (AvgIpc) is 3.20. The van der Waals surface area contributed by atoms with Crippen molar-refractivity contribution in [3.8, 4) is 0 Å². The largest absolute Gasteiger partial charge is 0.300 e. The first-order chi connectivity index (χ1) is 11.3. The van der Waals surface area contributed by atoms with Gasteiger partial charge in [-0.1, -0.05) is 24.3 Å². The number of thioether (sulfide) groups is 1. The first kappa shape index (κ1) is 15.7. The molecule has 3 heteroatoms. The Morgan fingerprint density at radius 1 is 0.957 bits per heavy atom. The third kappa shape index (κ3) is 3.67. The first-order valence-electron chi connectivity index (χ1n) is 9.06. The van der Waals surface area contributed by atoms with E-state index in [-0.39, 0.29) is 0 Å². The standard InChI is InChI=1S/C20H28N2S/c1-23-20-6-3-16(4-7-20)14-21-8-10-22(11-9-21)15-19-13-17-2-5-18(19)12-17/h2-7,17-19H,8-15H2,1H3/t17-,18-,19+/m0/s1. The molecule has 3 aliphatic rings. The van der Waals surface area contributed by atoms with Crippen LogP contribution in [-0.2, 0) is 6.54 Å². The molecule has 0 N–H and O–H groups in total. The number of hydrogen-bond acceptors (Lipinski definition) is 3. The van der Waals surface area contributed by atoms with Crippen molar-refractivity contribution < 1.29 is 0 Å². The van der Waals surface area contributed by atoms with E-state index in [4.69, 9.17) is 0 Å². The van der Waals surface area contributed by atoms with Gasteiger partial charge in [0.1, 0.15) is 0 Å². The molecule has 1 saturated carbocycles. The van der Waals surface area contributed by atoms with Crippen molar-refractivity contribution in [3.63, 3.8) is 0 Å². The van der Waals surface area contributed by atoms with E-state index in [1.807, 2.05) is 11.8 Å². The maximum atomic E-state index is 2.71. The van der Waals surface area contributed by atoms with Gasteiger partial charge in [-0.15, -0.1) is 11.8 Å². The summed E-state index contributed by atoms with van der Waals surface area (Å²) in [5, 5.41) is 0. The second-order valence-electron chi connectivity index (χ2n) is 7.47. The van der Waals surface area contributed by atoms with Crippen LogP contribution in [-0.4, -0.2) is 48.8 Å². The summed E-state index contributed by atoms with van der Waals surface area (Å²) in [5.41, 5.74) is 1.45. The number of rotatable bonds is 5. The Bertz CT molecular complexity index is 545. The highest BCUT2D eigenvalue weighted by Gasteiger charge is 2.36. The van der Waals surface area contributed by atoms with E-state index in [9.17, 15) is 0 Å². The van der Waals surface area contributed by atoms with Crippen LogP contribution in [0.3, 0.4) is 0 Å². The van der Waals surface area contributed by atoms with Crippen LogP contribution >= 0.6 is 11.8 Å². The molecule has 23 heavy (non-hydrogen) atoms. The minimum atomic E-state index is 0.896. The smallest absolute Gasteiger partial charge is 0.0234 e. The molecule has 0 spiro atoms. The van der Waals surface area contributed by atoms with Gasteiger partial charge in [0.15, 0.2) is 0 Å². The van der Waals surface area contributed by atoms with Gasteiger partial charge in [0, 0.05) is 44.2 Å². The number of benzene rings is 1. The minimum absolute atomic E-state index is 0.896. The zero-order valence-corrected chi connectivity index (χ0v) is 15.0. The molecule has 1 saturated heterocycles. The average molecular weight is 329 g/mol. The molecule has 4 rings (SSSR count). The fourth-order valence-corrected chi connectivity index (χ4v) is 4.96. The van der Waals surface area contributed by atoms with Gasteiger partial charge in [-0.25, -0.2) is 0 Å². The molecular formula is C20H28N2S. The van der Waals surface area contributed by atoms with Crippen molar-refractivity contribution in [2.45, 2.75) is 24.3 Å². The Morgan fingerprint density at radius 3 is 2.30 bits per heavy atom. The van der Waals surface area contributed by atoms with Gasteiger partial charge in [0.2, 0.25) is 0 Å². The lowest BCUT2D eigenvalue weighted by atomic mass is 9.93. The van der Waals surface area contributed by atoms with E-state index in [1.54, 1.807) is 0 Å². The summed E-state index contributed by atoms with van der Waals surface area (Å²) in [4.78, 5) is 6.69. The van der Waals surface area contributed by atoms with Crippen molar-refractivity contribution >= 4 is 11.8 Å². The van der Waals surface area contributed by atoms with Gasteiger partial charge >= 0.3 is 0 Å². The van der Waals surface area contributed by atoms with Crippen LogP contribution in [0.2, 0.25) is 0 Å². The second-order valence-corrected chi connectivity index (χ2v) is 8.34. The van der Waals surface area contributed by atoms with E-state index < -0.39 is 0 Å². The van der Waals surface area contributed by atoms with E-state index in [0.29, 0.717) is 0 Å². The molecule has 1 aromatic carbocycles. The Kier molecular flexibility index (Phi) is 4.79. The Hall–Kier alpha value is -0.770. The number of piperazine rings is 1. The highest BCUT2D eigenvalue weighted by molar-refractivity contribution is 7.98.